The summed E-state index contributed by atoms with van der Waals surface area (Å²) in [6.45, 7) is 7.81. The lowest BCUT2D eigenvalue weighted by atomic mass is 9.84. The number of hydrogen-bond donors (Lipinski definition) is 2. The lowest BCUT2D eigenvalue weighted by Gasteiger charge is -2.30. The molecule has 0 fully saturated rings. The van der Waals surface area contributed by atoms with Gasteiger partial charge >= 0.3 is 0 Å². The molecule has 0 heterocycles. The predicted octanol–water partition coefficient (Wildman–Crippen LogP) is 2.31. The van der Waals surface area contributed by atoms with Gasteiger partial charge in [-0.25, -0.2) is 0 Å². The molecule has 90 valence electrons. The summed E-state index contributed by atoms with van der Waals surface area (Å²) >= 11 is 0. The van der Waals surface area contributed by atoms with Crippen molar-refractivity contribution in [2.24, 2.45) is 5.41 Å². The highest BCUT2D eigenvalue weighted by molar-refractivity contribution is 5.22. The fraction of sp³-hybridized carbons (Fsp3) is 0.571. The van der Waals surface area contributed by atoms with Crippen LogP contribution in [0, 0.1) is 12.3 Å². The Morgan fingerprint density at radius 1 is 1.06 bits per heavy atom. The maximum atomic E-state index is 9.93. The number of aliphatic hydroxyl groups excluding tert-OH is 2. The lowest BCUT2D eigenvalue weighted by Crippen LogP contribution is -2.38. The first kappa shape index (κ1) is 13.2. The van der Waals surface area contributed by atoms with Gasteiger partial charge in [0.2, 0.25) is 0 Å². The summed E-state index contributed by atoms with van der Waals surface area (Å²) in [6, 6.07) is 8.03. The Hall–Kier alpha value is -0.860. The van der Waals surface area contributed by atoms with Crippen LogP contribution in [0.1, 0.15) is 31.9 Å². The highest BCUT2D eigenvalue weighted by Crippen LogP contribution is 2.23. The minimum absolute atomic E-state index is 0.288. The van der Waals surface area contributed by atoms with Gasteiger partial charge < -0.3 is 10.2 Å². The van der Waals surface area contributed by atoms with E-state index in [0.29, 0.717) is 6.42 Å². The second kappa shape index (κ2) is 4.98. The van der Waals surface area contributed by atoms with E-state index in [-0.39, 0.29) is 5.41 Å². The monoisotopic (exact) mass is 222 g/mol. The van der Waals surface area contributed by atoms with Crippen LogP contribution in [0.3, 0.4) is 0 Å². The molecule has 1 rings (SSSR count). The van der Waals surface area contributed by atoms with Crippen molar-refractivity contribution < 1.29 is 10.2 Å². The van der Waals surface area contributed by atoms with Crippen molar-refractivity contribution in [1.29, 1.82) is 0 Å². The Kier molecular flexibility index (Phi) is 4.11. The molecular formula is C14H22O2. The molecule has 0 amide bonds. The summed E-state index contributed by atoms with van der Waals surface area (Å²) in [7, 11) is 0. The Balaban J connectivity index is 2.64. The Morgan fingerprint density at radius 3 is 2.00 bits per heavy atom. The predicted molar refractivity (Wildman–Crippen MR) is 66.4 cm³/mol. The Morgan fingerprint density at radius 2 is 1.56 bits per heavy atom. The normalized spacial score (nSPS) is 15.9. The standard InChI is InChI=1S/C14H22O2/c1-10-5-7-11(8-6-10)9-12(15)13(16)14(2,3)4/h5-8,12-13,15-16H,9H2,1-4H3. The van der Waals surface area contributed by atoms with Crippen LogP contribution in [0.25, 0.3) is 0 Å². The van der Waals surface area contributed by atoms with Crippen molar-refractivity contribution >= 4 is 0 Å². The second-order valence-electron chi connectivity index (χ2n) is 5.57. The number of aliphatic hydroxyl groups is 2. The maximum absolute atomic E-state index is 9.93. The maximum Gasteiger partial charge on any atom is 0.0850 e. The average Bonchev–Trinajstić information content (AvgIpc) is 2.19. The van der Waals surface area contributed by atoms with E-state index in [1.54, 1.807) is 0 Å². The molecule has 1 aromatic rings. The van der Waals surface area contributed by atoms with Crippen LogP contribution < -0.4 is 0 Å². The summed E-state index contributed by atoms with van der Waals surface area (Å²) in [5.41, 5.74) is 1.97. The molecule has 0 aliphatic heterocycles. The van der Waals surface area contributed by atoms with Gasteiger partial charge in [0.25, 0.3) is 0 Å². The Labute approximate surface area is 97.9 Å². The first-order valence-corrected chi connectivity index (χ1v) is 5.72. The molecule has 2 heteroatoms. The van der Waals surface area contributed by atoms with Crippen molar-refractivity contribution in [1.82, 2.24) is 0 Å². The zero-order valence-electron chi connectivity index (χ0n) is 10.6. The van der Waals surface area contributed by atoms with E-state index in [4.69, 9.17) is 0 Å². The third kappa shape index (κ3) is 3.62. The largest absolute Gasteiger partial charge is 0.390 e. The molecule has 0 spiro atoms. The third-order valence-electron chi connectivity index (χ3n) is 2.82. The van der Waals surface area contributed by atoms with E-state index in [0.717, 1.165) is 5.56 Å². The van der Waals surface area contributed by atoms with Crippen LogP contribution in [0.15, 0.2) is 24.3 Å². The van der Waals surface area contributed by atoms with Gasteiger partial charge in [0.15, 0.2) is 0 Å². The summed E-state index contributed by atoms with van der Waals surface area (Å²) in [5, 5.41) is 19.8. The molecule has 2 unspecified atom stereocenters. The Bertz CT molecular complexity index is 322. The fourth-order valence-electron chi connectivity index (χ4n) is 1.65. The first-order valence-electron chi connectivity index (χ1n) is 5.72. The second-order valence-corrected chi connectivity index (χ2v) is 5.57. The highest BCUT2D eigenvalue weighted by Gasteiger charge is 2.28. The molecule has 1 aromatic carbocycles. The zero-order valence-corrected chi connectivity index (χ0v) is 10.6. The van der Waals surface area contributed by atoms with Gasteiger partial charge in [-0.15, -0.1) is 0 Å². The number of rotatable bonds is 3. The fourth-order valence-corrected chi connectivity index (χ4v) is 1.65. The topological polar surface area (TPSA) is 40.5 Å². The van der Waals surface area contributed by atoms with Crippen LogP contribution in [-0.4, -0.2) is 22.4 Å². The van der Waals surface area contributed by atoms with E-state index in [1.807, 2.05) is 52.0 Å². The van der Waals surface area contributed by atoms with Crippen molar-refractivity contribution in [2.45, 2.75) is 46.3 Å². The van der Waals surface area contributed by atoms with Crippen molar-refractivity contribution in [3.8, 4) is 0 Å². The third-order valence-corrected chi connectivity index (χ3v) is 2.82. The van der Waals surface area contributed by atoms with E-state index in [9.17, 15) is 10.2 Å². The summed E-state index contributed by atoms with van der Waals surface area (Å²) < 4.78 is 0. The quantitative estimate of drug-likeness (QED) is 0.824. The molecule has 2 atom stereocenters. The van der Waals surface area contributed by atoms with Gasteiger partial charge in [-0.05, 0) is 17.9 Å². The van der Waals surface area contributed by atoms with Crippen LogP contribution in [0.2, 0.25) is 0 Å². The van der Waals surface area contributed by atoms with Crippen LogP contribution >= 0.6 is 0 Å². The molecule has 2 nitrogen and oxygen atoms in total. The molecule has 0 aliphatic carbocycles. The summed E-state index contributed by atoms with van der Waals surface area (Å²) in [5.74, 6) is 0. The molecule has 0 aliphatic rings. The number of benzene rings is 1. The smallest absolute Gasteiger partial charge is 0.0850 e. The SMILES string of the molecule is Cc1ccc(CC(O)C(O)C(C)(C)C)cc1. The summed E-state index contributed by atoms with van der Waals surface area (Å²) in [6.07, 6.45) is -0.907. The molecule has 0 radical (unpaired) electrons. The van der Waals surface area contributed by atoms with E-state index < -0.39 is 12.2 Å². The van der Waals surface area contributed by atoms with Crippen molar-refractivity contribution in [2.75, 3.05) is 0 Å². The average molecular weight is 222 g/mol. The van der Waals surface area contributed by atoms with Gasteiger partial charge in [-0.1, -0.05) is 50.6 Å². The van der Waals surface area contributed by atoms with Crippen molar-refractivity contribution in [3.63, 3.8) is 0 Å². The van der Waals surface area contributed by atoms with E-state index in [1.165, 1.54) is 5.56 Å². The molecule has 0 bridgehead atoms. The van der Waals surface area contributed by atoms with Crippen LogP contribution in [-0.2, 0) is 6.42 Å². The molecule has 16 heavy (non-hydrogen) atoms. The van der Waals surface area contributed by atoms with Crippen molar-refractivity contribution in [3.05, 3.63) is 35.4 Å². The molecule has 0 saturated carbocycles. The van der Waals surface area contributed by atoms with Gasteiger partial charge in [-0.3, -0.25) is 0 Å². The molecule has 0 saturated heterocycles. The van der Waals surface area contributed by atoms with E-state index in [2.05, 4.69) is 0 Å². The molecule has 2 N–H and O–H groups in total. The van der Waals surface area contributed by atoms with E-state index >= 15 is 0 Å². The van der Waals surface area contributed by atoms with Crippen LogP contribution in [0.5, 0.6) is 0 Å². The highest BCUT2D eigenvalue weighted by atomic mass is 16.3. The minimum atomic E-state index is -0.706. The molecular weight excluding hydrogens is 200 g/mol. The summed E-state index contributed by atoms with van der Waals surface area (Å²) in [4.78, 5) is 0. The minimum Gasteiger partial charge on any atom is -0.390 e. The lowest BCUT2D eigenvalue weighted by molar-refractivity contribution is -0.0434. The number of aryl methyl sites for hydroxylation is 1. The van der Waals surface area contributed by atoms with Gasteiger partial charge in [0.1, 0.15) is 0 Å². The first-order chi connectivity index (χ1) is 7.30. The van der Waals surface area contributed by atoms with Gasteiger partial charge in [0, 0.05) is 6.42 Å². The van der Waals surface area contributed by atoms with Crippen LogP contribution in [0.4, 0.5) is 0 Å². The molecule has 0 aromatic heterocycles. The zero-order chi connectivity index (χ0) is 12.3. The van der Waals surface area contributed by atoms with Gasteiger partial charge in [-0.2, -0.15) is 0 Å². The van der Waals surface area contributed by atoms with Gasteiger partial charge in [0.05, 0.1) is 12.2 Å². The number of hydrogen-bond acceptors (Lipinski definition) is 2.